The molecule has 1 aliphatic heterocycles. The van der Waals surface area contributed by atoms with Gasteiger partial charge in [0, 0.05) is 19.0 Å². The van der Waals surface area contributed by atoms with Crippen molar-refractivity contribution in [3.05, 3.63) is 24.3 Å². The molecule has 1 atom stereocenters. The molecular formula is C13H20ClN3O4S. The van der Waals surface area contributed by atoms with Crippen LogP contribution >= 0.6 is 12.4 Å². The van der Waals surface area contributed by atoms with E-state index >= 15 is 0 Å². The summed E-state index contributed by atoms with van der Waals surface area (Å²) < 4.78 is 30.3. The number of carbonyl (C=O) groups excluding carboxylic acids is 1. The molecule has 1 amide bonds. The number of nitrogens with one attached hydrogen (secondary N) is 3. The molecule has 0 radical (unpaired) electrons. The fourth-order valence-electron chi connectivity index (χ4n) is 2.06. The summed E-state index contributed by atoms with van der Waals surface area (Å²) >= 11 is 0. The second kappa shape index (κ2) is 8.33. The van der Waals surface area contributed by atoms with Gasteiger partial charge in [-0.15, -0.1) is 12.4 Å². The van der Waals surface area contributed by atoms with E-state index in [0.717, 1.165) is 12.8 Å². The first-order valence-corrected chi connectivity index (χ1v) is 8.51. The summed E-state index contributed by atoms with van der Waals surface area (Å²) in [6.45, 7) is 1.88. The Morgan fingerprint density at radius 2 is 2.05 bits per heavy atom. The number of amides is 1. The lowest BCUT2D eigenvalue weighted by molar-refractivity contribution is -0.117. The van der Waals surface area contributed by atoms with E-state index in [9.17, 15) is 13.2 Å². The first kappa shape index (κ1) is 18.7. The van der Waals surface area contributed by atoms with Crippen LogP contribution in [0.5, 0.6) is 0 Å². The highest BCUT2D eigenvalue weighted by molar-refractivity contribution is 7.92. The van der Waals surface area contributed by atoms with Crippen LogP contribution in [0.25, 0.3) is 0 Å². The maximum Gasteiger partial charge on any atom is 0.229 e. The van der Waals surface area contributed by atoms with Crippen LogP contribution < -0.4 is 15.4 Å². The average Bonchev–Trinajstić information content (AvgIpc) is 2.40. The Labute approximate surface area is 136 Å². The quantitative estimate of drug-likeness (QED) is 0.730. The van der Waals surface area contributed by atoms with Gasteiger partial charge in [0.2, 0.25) is 15.9 Å². The van der Waals surface area contributed by atoms with E-state index in [1.54, 1.807) is 24.3 Å². The summed E-state index contributed by atoms with van der Waals surface area (Å²) in [7, 11) is -3.40. The molecular weight excluding hydrogens is 330 g/mol. The second-order valence-electron chi connectivity index (χ2n) is 4.90. The molecule has 2 rings (SSSR count). The number of hydrogen-bond donors (Lipinski definition) is 3. The molecule has 1 aromatic rings. The summed E-state index contributed by atoms with van der Waals surface area (Å²) in [6, 6.07) is 6.65. The minimum absolute atomic E-state index is 0. The van der Waals surface area contributed by atoms with Crippen molar-refractivity contribution in [2.24, 2.45) is 0 Å². The molecule has 22 heavy (non-hydrogen) atoms. The smallest absolute Gasteiger partial charge is 0.229 e. The van der Waals surface area contributed by atoms with Crippen LogP contribution in [-0.2, 0) is 19.6 Å². The molecule has 1 fully saturated rings. The van der Waals surface area contributed by atoms with Crippen LogP contribution in [0.4, 0.5) is 11.4 Å². The van der Waals surface area contributed by atoms with Gasteiger partial charge >= 0.3 is 0 Å². The van der Waals surface area contributed by atoms with Crippen LogP contribution in [0, 0.1) is 0 Å². The molecule has 7 nitrogen and oxygen atoms in total. The predicted octanol–water partition coefficient (Wildman–Crippen LogP) is 0.797. The Balaban J connectivity index is 0.00000242. The minimum atomic E-state index is -3.40. The van der Waals surface area contributed by atoms with Crippen molar-refractivity contribution in [3.63, 3.8) is 0 Å². The summed E-state index contributed by atoms with van der Waals surface area (Å²) in [5.41, 5.74) is 0.783. The highest BCUT2D eigenvalue weighted by Gasteiger charge is 2.17. The number of para-hydroxylation sites is 2. The Morgan fingerprint density at radius 3 is 2.64 bits per heavy atom. The summed E-state index contributed by atoms with van der Waals surface area (Å²) in [6.07, 6.45) is 1.34. The lowest BCUT2D eigenvalue weighted by atomic mass is 10.2. The molecule has 0 aromatic heterocycles. The van der Waals surface area contributed by atoms with Crippen molar-refractivity contribution in [2.45, 2.75) is 12.5 Å². The largest absolute Gasteiger partial charge is 0.378 e. The number of ether oxygens (including phenoxy) is 1. The van der Waals surface area contributed by atoms with Gasteiger partial charge in [-0.25, -0.2) is 8.42 Å². The van der Waals surface area contributed by atoms with E-state index in [1.807, 2.05) is 0 Å². The predicted molar refractivity (Wildman–Crippen MR) is 88.0 cm³/mol. The highest BCUT2D eigenvalue weighted by atomic mass is 35.5. The number of sulfonamides is 1. The Hall–Kier alpha value is -1.35. The van der Waals surface area contributed by atoms with Gasteiger partial charge < -0.3 is 15.4 Å². The molecule has 9 heteroatoms. The van der Waals surface area contributed by atoms with Gasteiger partial charge in [0.05, 0.1) is 30.8 Å². The Morgan fingerprint density at radius 1 is 1.36 bits per heavy atom. The molecule has 0 bridgehead atoms. The van der Waals surface area contributed by atoms with Crippen molar-refractivity contribution in [1.29, 1.82) is 0 Å². The van der Waals surface area contributed by atoms with Gasteiger partial charge in [-0.05, 0) is 12.1 Å². The van der Waals surface area contributed by atoms with Crippen molar-refractivity contribution in [1.82, 2.24) is 5.32 Å². The second-order valence-corrected chi connectivity index (χ2v) is 6.65. The fourth-order valence-corrected chi connectivity index (χ4v) is 2.63. The number of benzene rings is 1. The lowest BCUT2D eigenvalue weighted by Gasteiger charge is -2.23. The van der Waals surface area contributed by atoms with E-state index in [4.69, 9.17) is 4.74 Å². The number of morpholine rings is 1. The molecule has 1 aromatic carbocycles. The molecule has 0 aliphatic carbocycles. The summed E-state index contributed by atoms with van der Waals surface area (Å²) in [4.78, 5) is 12.0. The van der Waals surface area contributed by atoms with Gasteiger partial charge in [-0.3, -0.25) is 9.52 Å². The van der Waals surface area contributed by atoms with E-state index in [0.29, 0.717) is 24.6 Å². The molecule has 3 N–H and O–H groups in total. The first-order valence-electron chi connectivity index (χ1n) is 6.62. The number of anilines is 2. The van der Waals surface area contributed by atoms with Gasteiger partial charge in [-0.2, -0.15) is 0 Å². The van der Waals surface area contributed by atoms with Crippen LogP contribution in [0.3, 0.4) is 0 Å². The third-order valence-corrected chi connectivity index (χ3v) is 3.52. The SMILES string of the molecule is CS(=O)(=O)Nc1ccccc1NC(=O)CC1COCCN1.Cl. The maximum absolute atomic E-state index is 12.0. The van der Waals surface area contributed by atoms with Crippen LogP contribution in [0.15, 0.2) is 24.3 Å². The Kier molecular flexibility index (Phi) is 7.08. The van der Waals surface area contributed by atoms with Crippen molar-refractivity contribution in [3.8, 4) is 0 Å². The van der Waals surface area contributed by atoms with Crippen LogP contribution in [0.1, 0.15) is 6.42 Å². The standard InChI is InChI=1S/C13H19N3O4S.ClH/c1-21(18,19)16-12-5-3-2-4-11(12)15-13(17)8-10-9-20-7-6-14-10;/h2-5,10,14,16H,6-9H2,1H3,(H,15,17);1H. The molecule has 1 heterocycles. The van der Waals surface area contributed by atoms with Crippen LogP contribution in [-0.4, -0.2) is 46.4 Å². The monoisotopic (exact) mass is 349 g/mol. The first-order chi connectivity index (χ1) is 9.94. The van der Waals surface area contributed by atoms with Crippen molar-refractivity contribution < 1.29 is 17.9 Å². The normalized spacial score (nSPS) is 18.1. The molecule has 0 spiro atoms. The molecule has 1 aliphatic rings. The third-order valence-electron chi connectivity index (χ3n) is 2.93. The number of halogens is 1. The summed E-state index contributed by atoms with van der Waals surface area (Å²) in [5, 5.41) is 5.91. The lowest BCUT2D eigenvalue weighted by Crippen LogP contribution is -2.43. The molecule has 0 saturated carbocycles. The van der Waals surface area contributed by atoms with Crippen molar-refractivity contribution >= 4 is 39.7 Å². The minimum Gasteiger partial charge on any atom is -0.378 e. The molecule has 124 valence electrons. The van der Waals surface area contributed by atoms with Gasteiger partial charge in [0.25, 0.3) is 0 Å². The number of carbonyl (C=O) groups is 1. The zero-order valence-electron chi connectivity index (χ0n) is 12.2. The zero-order chi connectivity index (χ0) is 15.3. The maximum atomic E-state index is 12.0. The topological polar surface area (TPSA) is 96.5 Å². The summed E-state index contributed by atoms with van der Waals surface area (Å²) in [5.74, 6) is -0.194. The third kappa shape index (κ3) is 6.18. The van der Waals surface area contributed by atoms with Gasteiger partial charge in [-0.1, -0.05) is 12.1 Å². The van der Waals surface area contributed by atoms with E-state index < -0.39 is 10.0 Å². The zero-order valence-corrected chi connectivity index (χ0v) is 13.8. The van der Waals surface area contributed by atoms with Gasteiger partial charge in [0.15, 0.2) is 0 Å². The number of rotatable bonds is 5. The van der Waals surface area contributed by atoms with Crippen molar-refractivity contribution in [2.75, 3.05) is 36.1 Å². The highest BCUT2D eigenvalue weighted by Crippen LogP contribution is 2.22. The van der Waals surface area contributed by atoms with E-state index in [1.165, 1.54) is 0 Å². The number of hydrogen-bond acceptors (Lipinski definition) is 5. The molecule has 1 saturated heterocycles. The van der Waals surface area contributed by atoms with Gasteiger partial charge in [0.1, 0.15) is 0 Å². The average molecular weight is 350 g/mol. The van der Waals surface area contributed by atoms with E-state index in [-0.39, 0.29) is 30.8 Å². The van der Waals surface area contributed by atoms with Crippen LogP contribution in [0.2, 0.25) is 0 Å². The fraction of sp³-hybridized carbons (Fsp3) is 0.462. The van der Waals surface area contributed by atoms with E-state index in [2.05, 4.69) is 15.4 Å². The Bertz CT molecular complexity index is 603. The molecule has 1 unspecified atom stereocenters.